The highest BCUT2D eigenvalue weighted by atomic mass is 32.1. The SMILES string of the molecule is CCOC(=O)c1sc(CCNC2CCCN(c3ncnc4cc(N5CCOCC5)ccc34)C2)nc1C. The van der Waals surface area contributed by atoms with Gasteiger partial charge in [-0.25, -0.2) is 19.7 Å². The highest BCUT2D eigenvalue weighted by molar-refractivity contribution is 7.13. The van der Waals surface area contributed by atoms with Crippen molar-refractivity contribution in [2.75, 3.05) is 62.3 Å². The molecule has 2 fully saturated rings. The maximum atomic E-state index is 12.1. The van der Waals surface area contributed by atoms with Gasteiger partial charge in [0.1, 0.15) is 17.0 Å². The van der Waals surface area contributed by atoms with Crippen LogP contribution in [0, 0.1) is 6.92 Å². The molecule has 5 rings (SSSR count). The maximum Gasteiger partial charge on any atom is 0.350 e. The molecule has 2 saturated heterocycles. The average molecular weight is 511 g/mol. The van der Waals surface area contributed by atoms with Crippen LogP contribution in [0.3, 0.4) is 0 Å². The second-order valence-electron chi connectivity index (χ2n) is 9.23. The molecule has 0 spiro atoms. The lowest BCUT2D eigenvalue weighted by Crippen LogP contribution is -2.46. The van der Waals surface area contributed by atoms with Gasteiger partial charge in [-0.2, -0.15) is 0 Å². The van der Waals surface area contributed by atoms with Crippen LogP contribution in [0.15, 0.2) is 24.5 Å². The van der Waals surface area contributed by atoms with E-state index in [1.54, 1.807) is 6.33 Å². The Balaban J connectivity index is 1.21. The number of esters is 1. The highest BCUT2D eigenvalue weighted by Gasteiger charge is 2.23. The molecule has 2 aliphatic heterocycles. The molecule has 4 heterocycles. The van der Waals surface area contributed by atoms with E-state index < -0.39 is 0 Å². The molecular formula is C26H34N6O3S. The predicted molar refractivity (Wildman–Crippen MR) is 142 cm³/mol. The molecule has 2 aromatic heterocycles. The van der Waals surface area contributed by atoms with Gasteiger partial charge in [-0.1, -0.05) is 0 Å². The van der Waals surface area contributed by atoms with Crippen LogP contribution in [0.1, 0.15) is 40.1 Å². The van der Waals surface area contributed by atoms with Gasteiger partial charge in [0, 0.05) is 56.3 Å². The Morgan fingerprint density at radius 3 is 2.92 bits per heavy atom. The quantitative estimate of drug-likeness (QED) is 0.459. The monoisotopic (exact) mass is 510 g/mol. The number of thiazole rings is 1. The largest absolute Gasteiger partial charge is 0.462 e. The van der Waals surface area contributed by atoms with Crippen molar-refractivity contribution < 1.29 is 14.3 Å². The van der Waals surface area contributed by atoms with Crippen LogP contribution in [-0.4, -0.2) is 79.5 Å². The number of hydrogen-bond donors (Lipinski definition) is 1. The van der Waals surface area contributed by atoms with Crippen molar-refractivity contribution in [2.45, 2.75) is 39.2 Å². The lowest BCUT2D eigenvalue weighted by Gasteiger charge is -2.34. The van der Waals surface area contributed by atoms with Crippen LogP contribution in [0.5, 0.6) is 0 Å². The fourth-order valence-electron chi connectivity index (χ4n) is 4.97. The predicted octanol–water partition coefficient (Wildman–Crippen LogP) is 3.21. The van der Waals surface area contributed by atoms with E-state index in [1.807, 2.05) is 13.8 Å². The minimum atomic E-state index is -0.274. The van der Waals surface area contributed by atoms with Crippen molar-refractivity contribution in [3.8, 4) is 0 Å². The Kier molecular flexibility index (Phi) is 7.93. The number of anilines is 2. The summed E-state index contributed by atoms with van der Waals surface area (Å²) >= 11 is 1.44. The first-order chi connectivity index (χ1) is 17.6. The lowest BCUT2D eigenvalue weighted by molar-refractivity contribution is 0.0531. The summed E-state index contributed by atoms with van der Waals surface area (Å²) in [5, 5.41) is 5.76. The summed E-state index contributed by atoms with van der Waals surface area (Å²) in [4.78, 5) is 31.3. The van der Waals surface area contributed by atoms with E-state index in [4.69, 9.17) is 9.47 Å². The fraction of sp³-hybridized carbons (Fsp3) is 0.538. The van der Waals surface area contributed by atoms with Gasteiger partial charge in [0.2, 0.25) is 0 Å². The number of nitrogens with one attached hydrogen (secondary N) is 1. The summed E-state index contributed by atoms with van der Waals surface area (Å²) in [7, 11) is 0. The Bertz CT molecular complexity index is 1200. The third-order valence-corrected chi connectivity index (χ3v) is 7.97. The molecule has 9 nitrogen and oxygen atoms in total. The van der Waals surface area contributed by atoms with Crippen LogP contribution >= 0.6 is 11.3 Å². The van der Waals surface area contributed by atoms with Gasteiger partial charge in [-0.15, -0.1) is 11.3 Å². The Morgan fingerprint density at radius 2 is 2.08 bits per heavy atom. The van der Waals surface area contributed by atoms with Crippen molar-refractivity contribution in [2.24, 2.45) is 0 Å². The number of nitrogens with zero attached hydrogens (tertiary/aromatic N) is 5. The van der Waals surface area contributed by atoms with Crippen LogP contribution in [-0.2, 0) is 15.9 Å². The van der Waals surface area contributed by atoms with Gasteiger partial charge in [-0.05, 0) is 44.9 Å². The van der Waals surface area contributed by atoms with E-state index in [0.717, 1.165) is 92.6 Å². The molecule has 0 radical (unpaired) electrons. The summed E-state index contributed by atoms with van der Waals surface area (Å²) in [5.74, 6) is 0.735. The molecule has 1 aromatic carbocycles. The fourth-order valence-corrected chi connectivity index (χ4v) is 5.92. The topological polar surface area (TPSA) is 92.7 Å². The number of piperidine rings is 1. The van der Waals surface area contributed by atoms with Crippen molar-refractivity contribution in [1.82, 2.24) is 20.3 Å². The van der Waals surface area contributed by atoms with E-state index >= 15 is 0 Å². The molecule has 0 amide bonds. The number of morpholine rings is 1. The number of fused-ring (bicyclic) bond motifs is 1. The highest BCUT2D eigenvalue weighted by Crippen LogP contribution is 2.29. The third kappa shape index (κ3) is 5.61. The zero-order chi connectivity index (χ0) is 24.9. The number of rotatable bonds is 8. The number of benzene rings is 1. The number of ether oxygens (including phenoxy) is 2. The Hall–Kier alpha value is -2.82. The van der Waals surface area contributed by atoms with Crippen LogP contribution < -0.4 is 15.1 Å². The van der Waals surface area contributed by atoms with Crippen LogP contribution in [0.25, 0.3) is 10.9 Å². The number of hydrogen-bond acceptors (Lipinski definition) is 10. The normalized spacial score (nSPS) is 18.6. The van der Waals surface area contributed by atoms with E-state index in [9.17, 15) is 4.79 Å². The molecule has 0 bridgehead atoms. The van der Waals surface area contributed by atoms with Crippen LogP contribution in [0.4, 0.5) is 11.5 Å². The minimum absolute atomic E-state index is 0.274. The van der Waals surface area contributed by atoms with E-state index in [-0.39, 0.29) is 5.97 Å². The van der Waals surface area contributed by atoms with Gasteiger partial charge >= 0.3 is 5.97 Å². The number of carbonyl (C=O) groups is 1. The lowest BCUT2D eigenvalue weighted by atomic mass is 10.0. The molecule has 36 heavy (non-hydrogen) atoms. The van der Waals surface area contributed by atoms with Gasteiger partial charge in [-0.3, -0.25) is 0 Å². The number of aromatic nitrogens is 3. The summed E-state index contributed by atoms with van der Waals surface area (Å²) in [6.45, 7) is 10.1. The van der Waals surface area contributed by atoms with Crippen molar-refractivity contribution in [3.05, 3.63) is 40.1 Å². The zero-order valence-corrected chi connectivity index (χ0v) is 21.9. The molecule has 3 aromatic rings. The third-order valence-electron chi connectivity index (χ3n) is 6.77. The average Bonchev–Trinajstić information content (AvgIpc) is 3.29. The first kappa shape index (κ1) is 24.9. The van der Waals surface area contributed by atoms with Crippen molar-refractivity contribution in [3.63, 3.8) is 0 Å². The number of carbonyl (C=O) groups excluding carboxylic acids is 1. The molecule has 0 aliphatic carbocycles. The molecule has 2 aliphatic rings. The molecule has 0 saturated carbocycles. The standard InChI is InChI=1S/C26H34N6O3S/c1-3-35-26(33)24-18(2)30-23(36-24)8-9-27-19-5-4-10-32(16-19)25-21-7-6-20(15-22(21)28-17-29-25)31-11-13-34-14-12-31/h6-7,15,17,19,27H,3-5,8-14,16H2,1-2H3. The Labute approximate surface area is 215 Å². The maximum absolute atomic E-state index is 12.1. The second kappa shape index (κ2) is 11.5. The first-order valence-electron chi connectivity index (χ1n) is 12.8. The smallest absolute Gasteiger partial charge is 0.350 e. The number of aryl methyl sites for hydroxylation is 1. The molecule has 1 unspecified atom stereocenters. The van der Waals surface area contributed by atoms with Gasteiger partial charge < -0.3 is 24.6 Å². The first-order valence-corrected chi connectivity index (χ1v) is 13.6. The summed E-state index contributed by atoms with van der Waals surface area (Å²) in [6, 6.07) is 6.90. The van der Waals surface area contributed by atoms with E-state index in [2.05, 4.69) is 48.3 Å². The second-order valence-corrected chi connectivity index (χ2v) is 10.3. The summed E-state index contributed by atoms with van der Waals surface area (Å²) in [5.41, 5.74) is 2.93. The van der Waals surface area contributed by atoms with Crippen LogP contribution in [0.2, 0.25) is 0 Å². The molecule has 192 valence electrons. The van der Waals surface area contributed by atoms with E-state index in [1.165, 1.54) is 17.0 Å². The van der Waals surface area contributed by atoms with Gasteiger partial charge in [0.25, 0.3) is 0 Å². The minimum Gasteiger partial charge on any atom is -0.462 e. The van der Waals surface area contributed by atoms with Gasteiger partial charge in [0.15, 0.2) is 0 Å². The molecular weight excluding hydrogens is 476 g/mol. The summed E-state index contributed by atoms with van der Waals surface area (Å²) in [6.07, 6.45) is 4.72. The van der Waals surface area contributed by atoms with Gasteiger partial charge in [0.05, 0.1) is 36.0 Å². The summed E-state index contributed by atoms with van der Waals surface area (Å²) < 4.78 is 10.6. The molecule has 1 N–H and O–H groups in total. The Morgan fingerprint density at radius 1 is 1.22 bits per heavy atom. The zero-order valence-electron chi connectivity index (χ0n) is 21.0. The molecule has 1 atom stereocenters. The van der Waals surface area contributed by atoms with Crippen molar-refractivity contribution in [1.29, 1.82) is 0 Å². The van der Waals surface area contributed by atoms with E-state index in [0.29, 0.717) is 17.5 Å². The van der Waals surface area contributed by atoms with Crippen molar-refractivity contribution >= 4 is 39.7 Å². The molecule has 10 heteroatoms.